The molecule has 2 rings (SSSR count). The van der Waals surface area contributed by atoms with Crippen LogP contribution in [0.15, 0.2) is 6.33 Å². The van der Waals surface area contributed by atoms with E-state index >= 15 is 0 Å². The van der Waals surface area contributed by atoms with Crippen molar-refractivity contribution in [3.8, 4) is 0 Å². The zero-order valence-electron chi connectivity index (χ0n) is 7.48. The molecule has 1 aromatic heterocycles. The lowest BCUT2D eigenvalue weighted by Crippen LogP contribution is -2.20. The highest BCUT2D eigenvalue weighted by molar-refractivity contribution is 6.28. The molecule has 1 fully saturated rings. The third-order valence-corrected chi connectivity index (χ3v) is 2.88. The molecule has 72 valence electrons. The van der Waals surface area contributed by atoms with Crippen LogP contribution in [-0.2, 0) is 4.74 Å². The summed E-state index contributed by atoms with van der Waals surface area (Å²) in [6.07, 6.45) is 5.29. The SMILES string of the molecule is COC1CCCC1n1cnnc1Cl. The van der Waals surface area contributed by atoms with Crippen LogP contribution in [0.25, 0.3) is 0 Å². The van der Waals surface area contributed by atoms with Gasteiger partial charge in [0.2, 0.25) is 5.28 Å². The van der Waals surface area contributed by atoms with E-state index in [1.54, 1.807) is 13.4 Å². The minimum Gasteiger partial charge on any atom is -0.379 e. The molecule has 0 spiro atoms. The second-order valence-corrected chi connectivity index (χ2v) is 3.62. The number of ether oxygens (including phenoxy) is 1. The summed E-state index contributed by atoms with van der Waals surface area (Å²) < 4.78 is 7.26. The summed E-state index contributed by atoms with van der Waals surface area (Å²) in [5.41, 5.74) is 0. The summed E-state index contributed by atoms with van der Waals surface area (Å²) in [4.78, 5) is 0. The van der Waals surface area contributed by atoms with Gasteiger partial charge >= 0.3 is 0 Å². The highest BCUT2D eigenvalue weighted by Crippen LogP contribution is 2.33. The molecular formula is C8H12ClN3O. The zero-order chi connectivity index (χ0) is 9.26. The van der Waals surface area contributed by atoms with Crippen LogP contribution in [0.3, 0.4) is 0 Å². The smallest absolute Gasteiger partial charge is 0.225 e. The second-order valence-electron chi connectivity index (χ2n) is 3.28. The average Bonchev–Trinajstić information content (AvgIpc) is 2.71. The summed E-state index contributed by atoms with van der Waals surface area (Å²) in [7, 11) is 1.74. The van der Waals surface area contributed by atoms with E-state index in [0.29, 0.717) is 11.3 Å². The number of hydrogen-bond donors (Lipinski definition) is 0. The first-order valence-corrected chi connectivity index (χ1v) is 4.78. The topological polar surface area (TPSA) is 39.9 Å². The molecule has 0 N–H and O–H groups in total. The summed E-state index contributed by atoms with van der Waals surface area (Å²) in [6.45, 7) is 0. The molecule has 2 atom stereocenters. The fourth-order valence-corrected chi connectivity index (χ4v) is 2.16. The first kappa shape index (κ1) is 8.97. The number of rotatable bonds is 2. The lowest BCUT2D eigenvalue weighted by molar-refractivity contribution is 0.0749. The van der Waals surface area contributed by atoms with Crippen molar-refractivity contribution in [3.05, 3.63) is 11.6 Å². The summed E-state index contributed by atoms with van der Waals surface area (Å²) in [5.74, 6) is 0. The number of methoxy groups -OCH3 is 1. The normalized spacial score (nSPS) is 28.2. The highest BCUT2D eigenvalue weighted by Gasteiger charge is 2.29. The van der Waals surface area contributed by atoms with Gasteiger partial charge in [-0.3, -0.25) is 4.57 Å². The maximum Gasteiger partial charge on any atom is 0.225 e. The number of halogens is 1. The molecule has 1 heterocycles. The van der Waals surface area contributed by atoms with Gasteiger partial charge in [-0.25, -0.2) is 0 Å². The van der Waals surface area contributed by atoms with E-state index in [4.69, 9.17) is 16.3 Å². The van der Waals surface area contributed by atoms with Gasteiger partial charge in [0, 0.05) is 7.11 Å². The van der Waals surface area contributed by atoms with E-state index in [9.17, 15) is 0 Å². The fourth-order valence-electron chi connectivity index (χ4n) is 1.95. The van der Waals surface area contributed by atoms with Crippen molar-refractivity contribution in [1.29, 1.82) is 0 Å². The van der Waals surface area contributed by atoms with Crippen LogP contribution in [0.4, 0.5) is 0 Å². The van der Waals surface area contributed by atoms with Crippen LogP contribution >= 0.6 is 11.6 Å². The van der Waals surface area contributed by atoms with E-state index in [0.717, 1.165) is 12.8 Å². The summed E-state index contributed by atoms with van der Waals surface area (Å²) in [5, 5.41) is 7.97. The number of hydrogen-bond acceptors (Lipinski definition) is 3. The molecule has 2 unspecified atom stereocenters. The molecule has 0 saturated heterocycles. The van der Waals surface area contributed by atoms with E-state index < -0.39 is 0 Å². The molecule has 0 aliphatic heterocycles. The molecule has 0 radical (unpaired) electrons. The minimum absolute atomic E-state index is 0.258. The van der Waals surface area contributed by atoms with Crippen LogP contribution in [0.1, 0.15) is 25.3 Å². The van der Waals surface area contributed by atoms with Gasteiger partial charge < -0.3 is 4.74 Å². The molecule has 5 heteroatoms. The Kier molecular flexibility index (Phi) is 2.51. The molecule has 1 saturated carbocycles. The highest BCUT2D eigenvalue weighted by atomic mass is 35.5. The lowest BCUT2D eigenvalue weighted by atomic mass is 10.2. The van der Waals surface area contributed by atoms with Gasteiger partial charge in [0.05, 0.1) is 12.1 Å². The average molecular weight is 202 g/mol. The first-order chi connectivity index (χ1) is 6.33. The van der Waals surface area contributed by atoms with E-state index in [2.05, 4.69) is 10.2 Å². The van der Waals surface area contributed by atoms with Crippen LogP contribution in [0.5, 0.6) is 0 Å². The zero-order valence-corrected chi connectivity index (χ0v) is 8.24. The quantitative estimate of drug-likeness (QED) is 0.731. The van der Waals surface area contributed by atoms with Crippen molar-refractivity contribution in [2.75, 3.05) is 7.11 Å². The van der Waals surface area contributed by atoms with Gasteiger partial charge in [-0.15, -0.1) is 10.2 Å². The lowest BCUT2D eigenvalue weighted by Gasteiger charge is -2.19. The Balaban J connectivity index is 2.20. The molecule has 0 bridgehead atoms. The Hall–Kier alpha value is -0.610. The van der Waals surface area contributed by atoms with Gasteiger partial charge in [-0.1, -0.05) is 0 Å². The van der Waals surface area contributed by atoms with Gasteiger partial charge in [0.1, 0.15) is 6.33 Å². The molecule has 0 amide bonds. The fraction of sp³-hybridized carbons (Fsp3) is 0.750. The van der Waals surface area contributed by atoms with Crippen LogP contribution < -0.4 is 0 Å². The van der Waals surface area contributed by atoms with E-state index in [1.165, 1.54) is 6.42 Å². The van der Waals surface area contributed by atoms with Crippen molar-refractivity contribution in [2.24, 2.45) is 0 Å². The van der Waals surface area contributed by atoms with Gasteiger partial charge in [-0.05, 0) is 30.9 Å². The van der Waals surface area contributed by atoms with Gasteiger partial charge in [0.25, 0.3) is 0 Å². The van der Waals surface area contributed by atoms with Crippen molar-refractivity contribution in [1.82, 2.24) is 14.8 Å². The molecule has 0 aromatic carbocycles. The van der Waals surface area contributed by atoms with Crippen LogP contribution in [0.2, 0.25) is 5.28 Å². The number of aromatic nitrogens is 3. The summed E-state index contributed by atoms with van der Waals surface area (Å²) >= 11 is 5.88. The third-order valence-electron chi connectivity index (χ3n) is 2.61. The standard InChI is InChI=1S/C8H12ClN3O/c1-13-7-4-2-3-6(7)12-5-10-11-8(12)9/h5-7H,2-4H2,1H3. The molecule has 1 aromatic rings. The Morgan fingerprint density at radius 3 is 3.08 bits per heavy atom. The monoisotopic (exact) mass is 201 g/mol. The minimum atomic E-state index is 0.258. The van der Waals surface area contributed by atoms with E-state index in [-0.39, 0.29) is 6.10 Å². The number of nitrogens with zero attached hydrogens (tertiary/aromatic N) is 3. The predicted molar refractivity (Wildman–Crippen MR) is 48.7 cm³/mol. The van der Waals surface area contributed by atoms with Crippen molar-refractivity contribution >= 4 is 11.6 Å². The van der Waals surface area contributed by atoms with Crippen LogP contribution in [-0.4, -0.2) is 28.0 Å². The molecule has 13 heavy (non-hydrogen) atoms. The van der Waals surface area contributed by atoms with Crippen molar-refractivity contribution in [3.63, 3.8) is 0 Å². The summed E-state index contributed by atoms with van der Waals surface area (Å²) in [6, 6.07) is 0.312. The van der Waals surface area contributed by atoms with Gasteiger partial charge in [-0.2, -0.15) is 0 Å². The molecular weight excluding hydrogens is 190 g/mol. The largest absolute Gasteiger partial charge is 0.379 e. The molecule has 1 aliphatic carbocycles. The van der Waals surface area contributed by atoms with Crippen molar-refractivity contribution in [2.45, 2.75) is 31.4 Å². The van der Waals surface area contributed by atoms with E-state index in [1.807, 2.05) is 4.57 Å². The molecule has 4 nitrogen and oxygen atoms in total. The first-order valence-electron chi connectivity index (χ1n) is 4.40. The Morgan fingerprint density at radius 2 is 2.46 bits per heavy atom. The predicted octanol–water partition coefficient (Wildman–Crippen LogP) is 1.67. The third kappa shape index (κ3) is 1.56. The second kappa shape index (κ2) is 3.64. The van der Waals surface area contributed by atoms with Crippen LogP contribution in [0, 0.1) is 0 Å². The Bertz CT molecular complexity index is 289. The Labute approximate surface area is 81.9 Å². The maximum absolute atomic E-state index is 5.88. The molecule has 1 aliphatic rings. The van der Waals surface area contributed by atoms with Crippen molar-refractivity contribution < 1.29 is 4.74 Å². The maximum atomic E-state index is 5.88. The Morgan fingerprint density at radius 1 is 1.62 bits per heavy atom. The van der Waals surface area contributed by atoms with Gasteiger partial charge in [0.15, 0.2) is 0 Å².